The summed E-state index contributed by atoms with van der Waals surface area (Å²) in [5, 5.41) is 6.91. The average molecular weight is 414 g/mol. The highest BCUT2D eigenvalue weighted by atomic mass is 16.5. The number of urea groups is 1. The second-order valence-corrected chi connectivity index (χ2v) is 7.83. The minimum atomic E-state index is -0.787. The molecule has 0 bridgehead atoms. The van der Waals surface area contributed by atoms with E-state index in [0.29, 0.717) is 41.6 Å². The number of carbonyl (C=O) groups excluding carboxylic acids is 2. The molecular formula is C21H26N4O5. The Bertz CT molecular complexity index is 949. The van der Waals surface area contributed by atoms with E-state index in [4.69, 9.17) is 14.0 Å². The zero-order chi connectivity index (χ0) is 21.3. The Labute approximate surface area is 174 Å². The third-order valence-electron chi connectivity index (χ3n) is 6.19. The summed E-state index contributed by atoms with van der Waals surface area (Å²) in [7, 11) is 3.11. The van der Waals surface area contributed by atoms with Crippen molar-refractivity contribution in [3.05, 3.63) is 24.1 Å². The van der Waals surface area contributed by atoms with Gasteiger partial charge in [0, 0.05) is 6.07 Å². The van der Waals surface area contributed by atoms with Gasteiger partial charge in [0.05, 0.1) is 19.8 Å². The maximum Gasteiger partial charge on any atom is 0.325 e. The Morgan fingerprint density at radius 2 is 2.00 bits per heavy atom. The summed E-state index contributed by atoms with van der Waals surface area (Å²) in [6.07, 6.45) is 4.33. The molecule has 9 heteroatoms. The minimum Gasteiger partial charge on any atom is -0.497 e. The van der Waals surface area contributed by atoms with Crippen LogP contribution in [0, 0.1) is 5.92 Å². The fourth-order valence-electron chi connectivity index (χ4n) is 4.28. The fourth-order valence-corrected chi connectivity index (χ4v) is 4.28. The van der Waals surface area contributed by atoms with Gasteiger partial charge in [-0.3, -0.25) is 9.69 Å². The molecule has 0 radical (unpaired) electrons. The van der Waals surface area contributed by atoms with Crippen molar-refractivity contribution in [2.45, 2.75) is 51.1 Å². The molecule has 0 atom stereocenters. The summed E-state index contributed by atoms with van der Waals surface area (Å²) in [6.45, 7) is 2.10. The molecule has 9 nitrogen and oxygen atoms in total. The third kappa shape index (κ3) is 3.48. The summed E-state index contributed by atoms with van der Waals surface area (Å²) in [4.78, 5) is 31.1. The van der Waals surface area contributed by atoms with Gasteiger partial charge in [0.25, 0.3) is 5.91 Å². The second-order valence-electron chi connectivity index (χ2n) is 7.83. The van der Waals surface area contributed by atoms with Crippen molar-refractivity contribution in [1.29, 1.82) is 0 Å². The van der Waals surface area contributed by atoms with Gasteiger partial charge in [0.15, 0.2) is 0 Å². The van der Waals surface area contributed by atoms with Crippen molar-refractivity contribution >= 4 is 11.9 Å². The largest absolute Gasteiger partial charge is 0.497 e. The van der Waals surface area contributed by atoms with E-state index in [2.05, 4.69) is 22.4 Å². The van der Waals surface area contributed by atoms with E-state index in [0.717, 1.165) is 19.3 Å². The first-order valence-electron chi connectivity index (χ1n) is 10.2. The number of amides is 3. The monoisotopic (exact) mass is 414 g/mol. The maximum absolute atomic E-state index is 13.1. The first-order chi connectivity index (χ1) is 14.5. The van der Waals surface area contributed by atoms with Crippen LogP contribution < -0.4 is 14.8 Å². The molecule has 1 spiro atoms. The van der Waals surface area contributed by atoms with Gasteiger partial charge in [0.1, 0.15) is 23.6 Å². The number of hydrogen-bond acceptors (Lipinski definition) is 7. The minimum absolute atomic E-state index is 0.0604. The summed E-state index contributed by atoms with van der Waals surface area (Å²) in [5.41, 5.74) is -0.162. The highest BCUT2D eigenvalue weighted by Gasteiger charge is 2.52. The Morgan fingerprint density at radius 3 is 2.67 bits per heavy atom. The predicted molar refractivity (Wildman–Crippen MR) is 107 cm³/mol. The molecule has 4 rings (SSSR count). The van der Waals surface area contributed by atoms with Gasteiger partial charge in [-0.25, -0.2) is 4.79 Å². The number of imide groups is 1. The first kappa shape index (κ1) is 20.2. The van der Waals surface area contributed by atoms with Crippen LogP contribution in [0.2, 0.25) is 0 Å². The van der Waals surface area contributed by atoms with Crippen LogP contribution in [0.15, 0.2) is 22.7 Å². The van der Waals surface area contributed by atoms with Crippen LogP contribution in [0.25, 0.3) is 11.4 Å². The summed E-state index contributed by atoms with van der Waals surface area (Å²) in [6, 6.07) is 4.85. The highest BCUT2D eigenvalue weighted by Crippen LogP contribution is 2.38. The molecule has 2 aromatic rings. The van der Waals surface area contributed by atoms with E-state index in [1.54, 1.807) is 32.4 Å². The molecule has 1 saturated heterocycles. The lowest BCUT2D eigenvalue weighted by molar-refractivity contribution is -0.133. The molecule has 2 heterocycles. The van der Waals surface area contributed by atoms with Crippen LogP contribution >= 0.6 is 0 Å². The zero-order valence-electron chi connectivity index (χ0n) is 17.4. The van der Waals surface area contributed by atoms with Gasteiger partial charge in [-0.15, -0.1) is 0 Å². The van der Waals surface area contributed by atoms with Gasteiger partial charge >= 0.3 is 6.03 Å². The van der Waals surface area contributed by atoms with Gasteiger partial charge in [-0.2, -0.15) is 4.98 Å². The number of benzene rings is 1. The predicted octanol–water partition coefficient (Wildman–Crippen LogP) is 3.14. The van der Waals surface area contributed by atoms with Gasteiger partial charge in [0.2, 0.25) is 11.7 Å². The molecule has 1 aliphatic heterocycles. The number of methoxy groups -OCH3 is 2. The van der Waals surface area contributed by atoms with Crippen molar-refractivity contribution in [2.24, 2.45) is 5.92 Å². The van der Waals surface area contributed by atoms with Crippen molar-refractivity contribution < 1.29 is 23.6 Å². The molecule has 1 aliphatic carbocycles. The Hall–Kier alpha value is -3.10. The molecule has 2 fully saturated rings. The number of hydrogen-bond donors (Lipinski definition) is 1. The van der Waals surface area contributed by atoms with Crippen LogP contribution in [0.5, 0.6) is 11.5 Å². The van der Waals surface area contributed by atoms with E-state index in [1.807, 2.05) is 0 Å². The van der Waals surface area contributed by atoms with Crippen molar-refractivity contribution in [2.75, 3.05) is 14.2 Å². The number of aromatic nitrogens is 2. The van der Waals surface area contributed by atoms with Gasteiger partial charge in [-0.05, 0) is 43.7 Å². The van der Waals surface area contributed by atoms with E-state index in [9.17, 15) is 9.59 Å². The number of rotatable bonds is 6. The SMILES string of the molecule is CCC1CCC2(CC1)NC(=O)N(Cc1nc(-c3ccc(OC)cc3OC)no1)C2=O. The molecular weight excluding hydrogens is 388 g/mol. The zero-order valence-corrected chi connectivity index (χ0v) is 17.4. The molecule has 2 aliphatic rings. The lowest BCUT2D eigenvalue weighted by atomic mass is 9.75. The number of nitrogens with zero attached hydrogens (tertiary/aromatic N) is 3. The van der Waals surface area contributed by atoms with E-state index in [1.165, 1.54) is 4.90 Å². The topological polar surface area (TPSA) is 107 Å². The van der Waals surface area contributed by atoms with Gasteiger partial charge in [-0.1, -0.05) is 18.5 Å². The molecule has 1 N–H and O–H groups in total. The van der Waals surface area contributed by atoms with Crippen LogP contribution in [0.3, 0.4) is 0 Å². The summed E-state index contributed by atoms with van der Waals surface area (Å²) in [5.74, 6) is 2.08. The summed E-state index contributed by atoms with van der Waals surface area (Å²) >= 11 is 0. The average Bonchev–Trinajstić information content (AvgIpc) is 3.33. The van der Waals surface area contributed by atoms with E-state index < -0.39 is 11.6 Å². The van der Waals surface area contributed by atoms with Crippen LogP contribution in [-0.2, 0) is 11.3 Å². The van der Waals surface area contributed by atoms with Crippen molar-refractivity contribution in [1.82, 2.24) is 20.4 Å². The normalized spacial score (nSPS) is 23.7. The van der Waals surface area contributed by atoms with E-state index >= 15 is 0 Å². The fraction of sp³-hybridized carbons (Fsp3) is 0.524. The number of carbonyl (C=O) groups is 2. The van der Waals surface area contributed by atoms with Crippen LogP contribution in [0.4, 0.5) is 4.79 Å². The Morgan fingerprint density at radius 1 is 1.23 bits per heavy atom. The number of ether oxygens (including phenoxy) is 2. The molecule has 1 aromatic carbocycles. The Kier molecular flexibility index (Phi) is 5.36. The standard InChI is InChI=1S/C21H26N4O5/c1-4-13-7-9-21(10-8-13)19(26)25(20(27)23-21)12-17-22-18(24-30-17)15-6-5-14(28-2)11-16(15)29-3/h5-6,11,13H,4,7-10,12H2,1-3H3,(H,23,27). The van der Waals surface area contributed by atoms with Crippen LogP contribution in [-0.4, -0.2) is 46.7 Å². The lowest BCUT2D eigenvalue weighted by Gasteiger charge is -2.34. The molecule has 1 saturated carbocycles. The molecule has 3 amide bonds. The smallest absolute Gasteiger partial charge is 0.325 e. The summed E-state index contributed by atoms with van der Waals surface area (Å²) < 4.78 is 15.9. The quantitative estimate of drug-likeness (QED) is 0.724. The highest BCUT2D eigenvalue weighted by molar-refractivity contribution is 6.07. The van der Waals surface area contributed by atoms with Gasteiger partial charge < -0.3 is 19.3 Å². The first-order valence-corrected chi connectivity index (χ1v) is 10.2. The van der Waals surface area contributed by atoms with Crippen LogP contribution in [0.1, 0.15) is 44.9 Å². The molecule has 1 aromatic heterocycles. The second kappa shape index (κ2) is 7.97. The molecule has 160 valence electrons. The van der Waals surface area contributed by atoms with Crippen molar-refractivity contribution in [3.63, 3.8) is 0 Å². The molecule has 30 heavy (non-hydrogen) atoms. The van der Waals surface area contributed by atoms with E-state index in [-0.39, 0.29) is 18.3 Å². The number of nitrogens with one attached hydrogen (secondary N) is 1. The maximum atomic E-state index is 13.1. The third-order valence-corrected chi connectivity index (χ3v) is 6.19. The molecule has 0 unspecified atom stereocenters. The Balaban J connectivity index is 1.50. The lowest BCUT2D eigenvalue weighted by Crippen LogP contribution is -2.49. The van der Waals surface area contributed by atoms with Crippen molar-refractivity contribution in [3.8, 4) is 22.9 Å².